The van der Waals surface area contributed by atoms with Crippen LogP contribution >= 0.6 is 0 Å². The molecule has 8 nitrogen and oxygen atoms in total. The Morgan fingerprint density at radius 3 is 2.53 bits per heavy atom. The van der Waals surface area contributed by atoms with E-state index in [2.05, 4.69) is 20.5 Å². The third-order valence-electron chi connectivity index (χ3n) is 6.49. The second-order valence-electron chi connectivity index (χ2n) is 8.45. The van der Waals surface area contributed by atoms with E-state index >= 15 is 0 Å². The summed E-state index contributed by atoms with van der Waals surface area (Å²) in [6, 6.07) is 9.93. The number of amides is 2. The van der Waals surface area contributed by atoms with Crippen molar-refractivity contribution in [2.24, 2.45) is 0 Å². The molecule has 0 radical (unpaired) electrons. The minimum Gasteiger partial charge on any atom is -0.496 e. The minimum atomic E-state index is -0.240. The van der Waals surface area contributed by atoms with Crippen LogP contribution in [0.3, 0.4) is 0 Å². The highest BCUT2D eigenvalue weighted by atomic mass is 16.5. The average Bonchev–Trinajstić information content (AvgIpc) is 3.07. The Labute approximate surface area is 188 Å². The lowest BCUT2D eigenvalue weighted by molar-refractivity contribution is 0.0923. The number of carbonyl (C=O) groups excluding carboxylic acids is 2. The Hall–Kier alpha value is -3.13. The highest BCUT2D eigenvalue weighted by Gasteiger charge is 2.41. The van der Waals surface area contributed by atoms with Crippen molar-refractivity contribution in [1.82, 2.24) is 15.6 Å². The molecule has 8 heteroatoms. The number of piperidine rings is 1. The van der Waals surface area contributed by atoms with Crippen molar-refractivity contribution in [2.45, 2.75) is 50.7 Å². The molecule has 3 N–H and O–H groups in total. The van der Waals surface area contributed by atoms with Gasteiger partial charge in [-0.2, -0.15) is 0 Å². The van der Waals surface area contributed by atoms with Gasteiger partial charge in [-0.1, -0.05) is 6.07 Å². The molecule has 3 atom stereocenters. The molecule has 0 saturated carbocycles. The molecule has 2 amide bonds. The minimum absolute atomic E-state index is 0.0596. The van der Waals surface area contributed by atoms with Gasteiger partial charge in [0.2, 0.25) is 0 Å². The first-order chi connectivity index (χ1) is 15.5. The molecule has 0 aliphatic carbocycles. The number of aromatic nitrogens is 1. The van der Waals surface area contributed by atoms with Gasteiger partial charge in [0, 0.05) is 42.0 Å². The molecule has 0 spiro atoms. The lowest BCUT2D eigenvalue weighted by Crippen LogP contribution is -2.50. The van der Waals surface area contributed by atoms with E-state index in [-0.39, 0.29) is 31.0 Å². The molecule has 32 heavy (non-hydrogen) atoms. The molecule has 2 aliphatic rings. The Balaban J connectivity index is 1.41. The number of aliphatic hydroxyl groups excluding tert-OH is 1. The predicted octanol–water partition coefficient (Wildman–Crippen LogP) is 2.05. The lowest BCUT2D eigenvalue weighted by Gasteiger charge is -2.40. The molecular weight excluding hydrogens is 408 g/mol. The van der Waals surface area contributed by atoms with Crippen molar-refractivity contribution < 1.29 is 19.4 Å². The number of anilines is 1. The third kappa shape index (κ3) is 4.41. The van der Waals surface area contributed by atoms with Crippen LogP contribution in [0.1, 0.15) is 52.0 Å². The second kappa shape index (κ2) is 9.56. The van der Waals surface area contributed by atoms with E-state index in [0.717, 1.165) is 37.1 Å². The first kappa shape index (κ1) is 22.1. The summed E-state index contributed by atoms with van der Waals surface area (Å²) < 4.78 is 5.35. The number of hydrogen-bond donors (Lipinski definition) is 3. The van der Waals surface area contributed by atoms with Crippen molar-refractivity contribution in [3.63, 3.8) is 0 Å². The van der Waals surface area contributed by atoms with Crippen LogP contribution in [-0.4, -0.2) is 60.3 Å². The van der Waals surface area contributed by atoms with E-state index in [1.807, 2.05) is 31.2 Å². The summed E-state index contributed by atoms with van der Waals surface area (Å²) in [5, 5.41) is 14.7. The summed E-state index contributed by atoms with van der Waals surface area (Å²) in [4.78, 5) is 31.8. The van der Waals surface area contributed by atoms with Gasteiger partial charge in [-0.05, 0) is 56.9 Å². The van der Waals surface area contributed by atoms with Crippen LogP contribution in [0.4, 0.5) is 5.82 Å². The Morgan fingerprint density at radius 1 is 1.16 bits per heavy atom. The van der Waals surface area contributed by atoms with E-state index in [1.54, 1.807) is 19.4 Å². The van der Waals surface area contributed by atoms with Gasteiger partial charge >= 0.3 is 0 Å². The number of nitrogens with one attached hydrogen (secondary N) is 2. The summed E-state index contributed by atoms with van der Waals surface area (Å²) in [7, 11) is 1.61. The largest absolute Gasteiger partial charge is 0.496 e. The molecule has 2 saturated heterocycles. The topological polar surface area (TPSA) is 104 Å². The van der Waals surface area contributed by atoms with Crippen LogP contribution in [0.2, 0.25) is 0 Å². The van der Waals surface area contributed by atoms with E-state index in [9.17, 15) is 9.59 Å². The number of pyridine rings is 1. The van der Waals surface area contributed by atoms with Gasteiger partial charge in [-0.3, -0.25) is 9.59 Å². The number of hydrogen-bond acceptors (Lipinski definition) is 6. The van der Waals surface area contributed by atoms with Crippen molar-refractivity contribution >= 4 is 17.6 Å². The van der Waals surface area contributed by atoms with E-state index in [1.165, 1.54) is 0 Å². The third-order valence-corrected chi connectivity index (χ3v) is 6.49. The Bertz CT molecular complexity index is 964. The van der Waals surface area contributed by atoms with Gasteiger partial charge in [0.1, 0.15) is 11.6 Å². The van der Waals surface area contributed by atoms with Gasteiger partial charge in [-0.25, -0.2) is 4.98 Å². The van der Waals surface area contributed by atoms with Crippen LogP contribution in [0.25, 0.3) is 0 Å². The fourth-order valence-electron chi connectivity index (χ4n) is 4.96. The standard InChI is InChI=1S/C24H30N4O4/c1-15-20(4-3-5-21(15)32-2)24(31)27-17-12-18-7-8-19(13-17)28(18)22-9-6-16(14-26-22)23(30)25-10-11-29/h3-6,9,14,17-19,29H,7-8,10-13H2,1-2H3,(H,25,30)(H,27,31)/t17-,18+,19-. The molecule has 2 bridgehead atoms. The average molecular weight is 439 g/mol. The summed E-state index contributed by atoms with van der Waals surface area (Å²) >= 11 is 0. The number of ether oxygens (including phenoxy) is 1. The summed E-state index contributed by atoms with van der Waals surface area (Å²) in [6.45, 7) is 2.03. The number of carbonyl (C=O) groups is 2. The van der Waals surface area contributed by atoms with E-state index in [0.29, 0.717) is 29.0 Å². The smallest absolute Gasteiger partial charge is 0.252 e. The van der Waals surface area contributed by atoms with Crippen molar-refractivity contribution in [2.75, 3.05) is 25.2 Å². The zero-order chi connectivity index (χ0) is 22.7. The monoisotopic (exact) mass is 438 g/mol. The maximum Gasteiger partial charge on any atom is 0.252 e. The number of rotatable bonds is 7. The molecule has 4 rings (SSSR count). The Kier molecular flexibility index (Phi) is 6.60. The van der Waals surface area contributed by atoms with E-state index < -0.39 is 0 Å². The summed E-state index contributed by atoms with van der Waals surface area (Å²) in [5.74, 6) is 1.28. The summed E-state index contributed by atoms with van der Waals surface area (Å²) in [6.07, 6.45) is 5.45. The van der Waals surface area contributed by atoms with Gasteiger partial charge in [0.25, 0.3) is 11.8 Å². The fourth-order valence-corrected chi connectivity index (χ4v) is 4.96. The zero-order valence-electron chi connectivity index (χ0n) is 18.5. The quantitative estimate of drug-likeness (QED) is 0.611. The molecule has 1 aromatic carbocycles. The first-order valence-electron chi connectivity index (χ1n) is 11.1. The maximum atomic E-state index is 12.9. The highest BCUT2D eigenvalue weighted by Crippen LogP contribution is 2.38. The molecule has 2 fully saturated rings. The van der Waals surface area contributed by atoms with Crippen molar-refractivity contribution in [3.8, 4) is 5.75 Å². The van der Waals surface area contributed by atoms with Gasteiger partial charge in [-0.15, -0.1) is 0 Å². The number of methoxy groups -OCH3 is 1. The number of aliphatic hydroxyl groups is 1. The first-order valence-corrected chi connectivity index (χ1v) is 11.1. The van der Waals surface area contributed by atoms with Gasteiger partial charge in [0.15, 0.2) is 0 Å². The van der Waals surface area contributed by atoms with Crippen LogP contribution in [0.15, 0.2) is 36.5 Å². The van der Waals surface area contributed by atoms with Crippen LogP contribution in [-0.2, 0) is 0 Å². The molecule has 2 aliphatic heterocycles. The molecule has 3 heterocycles. The highest BCUT2D eigenvalue weighted by molar-refractivity contribution is 5.96. The number of fused-ring (bicyclic) bond motifs is 2. The lowest BCUT2D eigenvalue weighted by atomic mass is 9.96. The Morgan fingerprint density at radius 2 is 1.91 bits per heavy atom. The van der Waals surface area contributed by atoms with Gasteiger partial charge < -0.3 is 25.4 Å². The van der Waals surface area contributed by atoms with E-state index in [4.69, 9.17) is 9.84 Å². The second-order valence-corrected chi connectivity index (χ2v) is 8.45. The zero-order valence-corrected chi connectivity index (χ0v) is 18.5. The molecule has 0 unspecified atom stereocenters. The van der Waals surface area contributed by atoms with Crippen molar-refractivity contribution in [3.05, 3.63) is 53.2 Å². The van der Waals surface area contributed by atoms with Crippen LogP contribution < -0.4 is 20.3 Å². The SMILES string of the molecule is COc1cccc(C(=O)N[C@H]2C[C@H]3CC[C@@H](C2)N3c2ccc(C(=O)NCCO)cn2)c1C. The molecule has 1 aromatic heterocycles. The normalized spacial score (nSPS) is 21.8. The molecule has 2 aromatic rings. The van der Waals surface area contributed by atoms with Crippen LogP contribution in [0, 0.1) is 6.92 Å². The number of nitrogens with zero attached hydrogens (tertiary/aromatic N) is 2. The molecule has 170 valence electrons. The molecular formula is C24H30N4O4. The maximum absolute atomic E-state index is 12.9. The number of benzene rings is 1. The van der Waals surface area contributed by atoms with Crippen molar-refractivity contribution in [1.29, 1.82) is 0 Å². The fraction of sp³-hybridized carbons (Fsp3) is 0.458. The summed E-state index contributed by atoms with van der Waals surface area (Å²) in [5.41, 5.74) is 1.97. The van der Waals surface area contributed by atoms with Crippen LogP contribution in [0.5, 0.6) is 5.75 Å². The predicted molar refractivity (Wildman–Crippen MR) is 121 cm³/mol. The van der Waals surface area contributed by atoms with Gasteiger partial charge in [0.05, 0.1) is 19.3 Å².